The Kier molecular flexibility index (Phi) is 4.58. The maximum atomic E-state index is 12.3. The van der Waals surface area contributed by atoms with E-state index in [0.29, 0.717) is 0 Å². The maximum Gasteiger partial charge on any atom is 0.140 e. The fourth-order valence-electron chi connectivity index (χ4n) is 5.91. The molecule has 9 nitrogen and oxygen atoms in total. The van der Waals surface area contributed by atoms with Gasteiger partial charge in [-0.15, -0.1) is 0 Å². The molecule has 0 amide bonds. The van der Waals surface area contributed by atoms with Crippen molar-refractivity contribution in [1.82, 2.24) is 0 Å². The van der Waals surface area contributed by atoms with Crippen LogP contribution in [0.15, 0.2) is 60.7 Å². The van der Waals surface area contributed by atoms with E-state index < -0.39 is 58.6 Å². The number of nitrogens with two attached hydrogens (primary N) is 1. The SMILES string of the molecule is O=C([O-])[C@@H]1[C@H](C(=O)[O-])C2(c3ccccc3)[NH2+]C1(c1ccccc1)[C@@H](C(=O)[O-])[C@@H]2C(=O)[O-]. The molecular formula is C22H16NO8-3. The van der Waals surface area contributed by atoms with Crippen LogP contribution in [0.3, 0.4) is 0 Å². The smallest absolute Gasteiger partial charge is 0.140 e. The molecule has 2 heterocycles. The monoisotopic (exact) mass is 422 g/mol. The number of benzene rings is 2. The molecule has 0 aliphatic carbocycles. The maximum absolute atomic E-state index is 12.3. The first-order valence-electron chi connectivity index (χ1n) is 9.51. The number of fused-ring (bicyclic) bond motifs is 2. The van der Waals surface area contributed by atoms with Crippen LogP contribution in [0, 0.1) is 23.7 Å². The molecule has 2 aromatic rings. The van der Waals surface area contributed by atoms with Gasteiger partial charge in [-0.2, -0.15) is 0 Å². The molecule has 4 rings (SSSR count). The Morgan fingerprint density at radius 2 is 0.806 bits per heavy atom. The number of carboxylic acids is 4. The van der Waals surface area contributed by atoms with Crippen LogP contribution in [-0.4, -0.2) is 23.9 Å². The van der Waals surface area contributed by atoms with E-state index in [-0.39, 0.29) is 11.1 Å². The number of aliphatic carboxylic acids is 4. The van der Waals surface area contributed by atoms with E-state index in [9.17, 15) is 39.6 Å². The standard InChI is InChI=1S/C22H19NO8/c24-17(25)13-15(19(28)29)22(12-9-5-2-6-10-12)16(20(30)31)14(18(26)27)21(13,23-22)11-7-3-1-4-8-11/h1-10,13-16,23H,(H,24,25)(H,26,27)(H,28,29)(H,30,31)/p-3/t13-,14-,15-,16+,21?,22?/m1/s1. The summed E-state index contributed by atoms with van der Waals surface area (Å²) < 4.78 is 0. The second-order valence-corrected chi connectivity index (χ2v) is 7.93. The van der Waals surface area contributed by atoms with Crippen LogP contribution >= 0.6 is 0 Å². The van der Waals surface area contributed by atoms with Crippen molar-refractivity contribution >= 4 is 23.9 Å². The van der Waals surface area contributed by atoms with Crippen LogP contribution < -0.4 is 25.7 Å². The van der Waals surface area contributed by atoms with Crippen LogP contribution in [0.5, 0.6) is 0 Å². The summed E-state index contributed by atoms with van der Waals surface area (Å²) in [5, 5.41) is 50.4. The molecule has 2 unspecified atom stereocenters. The molecule has 9 heteroatoms. The molecule has 2 aliphatic heterocycles. The zero-order valence-corrected chi connectivity index (χ0v) is 15.9. The van der Waals surface area contributed by atoms with Gasteiger partial charge in [0.05, 0.1) is 47.5 Å². The predicted molar refractivity (Wildman–Crippen MR) is 92.2 cm³/mol. The Hall–Kier alpha value is -3.72. The van der Waals surface area contributed by atoms with Gasteiger partial charge in [0.1, 0.15) is 11.1 Å². The summed E-state index contributed by atoms with van der Waals surface area (Å²) in [6.45, 7) is 0. The summed E-state index contributed by atoms with van der Waals surface area (Å²) in [5.41, 5.74) is -3.81. The summed E-state index contributed by atoms with van der Waals surface area (Å²) in [5.74, 6) is -15.0. The van der Waals surface area contributed by atoms with Crippen LogP contribution in [0.1, 0.15) is 11.1 Å². The normalized spacial score (nSPS) is 33.7. The summed E-state index contributed by atoms with van der Waals surface area (Å²) in [6, 6.07) is 15.0. The van der Waals surface area contributed by atoms with E-state index in [1.54, 1.807) is 12.1 Å². The highest BCUT2D eigenvalue weighted by Gasteiger charge is 2.80. The number of hydrogen-bond acceptors (Lipinski definition) is 8. The molecule has 2 aromatic carbocycles. The second-order valence-electron chi connectivity index (χ2n) is 7.93. The fraction of sp³-hybridized carbons (Fsp3) is 0.273. The van der Waals surface area contributed by atoms with Gasteiger partial charge in [-0.25, -0.2) is 0 Å². The van der Waals surface area contributed by atoms with Crippen molar-refractivity contribution in [3.8, 4) is 0 Å². The van der Waals surface area contributed by atoms with Crippen molar-refractivity contribution in [2.24, 2.45) is 23.7 Å². The van der Waals surface area contributed by atoms with Gasteiger partial charge in [0.2, 0.25) is 0 Å². The van der Waals surface area contributed by atoms with Gasteiger partial charge in [0.25, 0.3) is 0 Å². The highest BCUT2D eigenvalue weighted by Crippen LogP contribution is 2.60. The third kappa shape index (κ3) is 2.53. The topological polar surface area (TPSA) is 177 Å². The zero-order chi connectivity index (χ0) is 22.6. The van der Waals surface area contributed by atoms with Gasteiger partial charge < -0.3 is 44.9 Å². The molecular weight excluding hydrogens is 406 g/mol. The Balaban J connectivity index is 2.16. The summed E-state index contributed by atoms with van der Waals surface area (Å²) in [4.78, 5) is 49.2. The quantitative estimate of drug-likeness (QED) is 0.480. The van der Waals surface area contributed by atoms with Gasteiger partial charge in [0, 0.05) is 11.1 Å². The molecule has 2 aliphatic rings. The Morgan fingerprint density at radius 1 is 0.548 bits per heavy atom. The van der Waals surface area contributed by atoms with Crippen molar-refractivity contribution in [3.63, 3.8) is 0 Å². The molecule has 2 saturated heterocycles. The lowest BCUT2D eigenvalue weighted by atomic mass is 9.54. The number of carbonyl (C=O) groups excluding carboxylic acids is 4. The van der Waals surface area contributed by atoms with E-state index in [0.717, 1.165) is 0 Å². The molecule has 31 heavy (non-hydrogen) atoms. The molecule has 2 bridgehead atoms. The molecule has 160 valence electrons. The van der Waals surface area contributed by atoms with E-state index in [2.05, 4.69) is 0 Å². The molecule has 2 N–H and O–H groups in total. The fourth-order valence-corrected chi connectivity index (χ4v) is 5.91. The van der Waals surface area contributed by atoms with Gasteiger partial charge in [-0.3, -0.25) is 0 Å². The molecule has 2 fully saturated rings. The third-order valence-electron chi connectivity index (χ3n) is 6.77. The van der Waals surface area contributed by atoms with Crippen molar-refractivity contribution in [1.29, 1.82) is 0 Å². The van der Waals surface area contributed by atoms with Crippen LogP contribution in [-0.2, 0) is 30.3 Å². The molecule has 0 spiro atoms. The number of carbonyl (C=O) groups is 4. The van der Waals surface area contributed by atoms with Crippen LogP contribution in [0.2, 0.25) is 0 Å². The lowest BCUT2D eigenvalue weighted by Gasteiger charge is -2.47. The number of quaternary nitrogens is 1. The average molecular weight is 422 g/mol. The van der Waals surface area contributed by atoms with Crippen molar-refractivity contribution < 1.29 is 44.9 Å². The van der Waals surface area contributed by atoms with Gasteiger partial charge >= 0.3 is 0 Å². The summed E-state index contributed by atoms with van der Waals surface area (Å²) in [7, 11) is 0. The summed E-state index contributed by atoms with van der Waals surface area (Å²) in [6.07, 6.45) is 0. The van der Waals surface area contributed by atoms with Gasteiger partial charge in [-0.05, 0) is 0 Å². The van der Waals surface area contributed by atoms with Gasteiger partial charge in [-0.1, -0.05) is 60.7 Å². The van der Waals surface area contributed by atoms with E-state index in [4.69, 9.17) is 0 Å². The highest BCUT2D eigenvalue weighted by atomic mass is 16.4. The zero-order valence-electron chi connectivity index (χ0n) is 15.9. The molecule has 0 radical (unpaired) electrons. The first kappa shape index (κ1) is 20.5. The largest absolute Gasteiger partial charge is 0.550 e. The minimum atomic E-state index is -2.04. The van der Waals surface area contributed by atoms with Crippen molar-refractivity contribution in [3.05, 3.63) is 71.8 Å². The first-order valence-corrected chi connectivity index (χ1v) is 9.51. The van der Waals surface area contributed by atoms with E-state index in [1.165, 1.54) is 53.8 Å². The Labute approximate surface area is 175 Å². The van der Waals surface area contributed by atoms with Crippen molar-refractivity contribution in [2.45, 2.75) is 11.1 Å². The predicted octanol–water partition coefficient (Wildman–Crippen LogP) is -5.17. The Bertz CT molecular complexity index is 942. The first-order chi connectivity index (χ1) is 14.7. The van der Waals surface area contributed by atoms with Crippen molar-refractivity contribution in [2.75, 3.05) is 0 Å². The number of rotatable bonds is 6. The average Bonchev–Trinajstić information content (AvgIpc) is 3.24. The van der Waals surface area contributed by atoms with Crippen LogP contribution in [0.4, 0.5) is 0 Å². The third-order valence-corrected chi connectivity index (χ3v) is 6.77. The second kappa shape index (κ2) is 6.92. The number of hydrogen-bond donors (Lipinski definition) is 1. The van der Waals surface area contributed by atoms with E-state index >= 15 is 0 Å². The van der Waals surface area contributed by atoms with Gasteiger partial charge in [0.15, 0.2) is 0 Å². The minimum absolute atomic E-state index is 0.131. The number of carboxylic acid groups (broad SMARTS) is 4. The minimum Gasteiger partial charge on any atom is -0.550 e. The summed E-state index contributed by atoms with van der Waals surface area (Å²) >= 11 is 0. The Morgan fingerprint density at radius 3 is 1.03 bits per heavy atom. The lowest BCUT2D eigenvalue weighted by molar-refractivity contribution is -0.772. The highest BCUT2D eigenvalue weighted by molar-refractivity contribution is 5.89. The molecule has 6 atom stereocenters. The van der Waals surface area contributed by atoms with Crippen LogP contribution in [0.25, 0.3) is 0 Å². The molecule has 0 saturated carbocycles. The molecule has 0 aromatic heterocycles. The lowest BCUT2D eigenvalue weighted by Crippen LogP contribution is -2.98. The van der Waals surface area contributed by atoms with E-state index in [1.807, 2.05) is 0 Å².